The molecule has 0 spiro atoms. The van der Waals surface area contributed by atoms with Gasteiger partial charge in [0, 0.05) is 24.5 Å². The van der Waals surface area contributed by atoms with Crippen LogP contribution in [0.4, 0.5) is 0 Å². The van der Waals surface area contributed by atoms with Crippen molar-refractivity contribution < 1.29 is 14.4 Å². The van der Waals surface area contributed by atoms with Gasteiger partial charge in [-0.05, 0) is 24.6 Å². The molecule has 3 N–H and O–H groups in total. The highest BCUT2D eigenvalue weighted by atomic mass is 16.2. The minimum Gasteiger partial charge on any atom is -0.363 e. The zero-order valence-corrected chi connectivity index (χ0v) is 15.2. The summed E-state index contributed by atoms with van der Waals surface area (Å²) in [5, 5.41) is 2.59. The van der Waals surface area contributed by atoms with Gasteiger partial charge in [0.2, 0.25) is 11.6 Å². The third-order valence-electron chi connectivity index (χ3n) is 4.19. The highest BCUT2D eigenvalue weighted by Gasteiger charge is 2.27. The lowest BCUT2D eigenvalue weighted by molar-refractivity contribution is -0.137. The first-order valence-electron chi connectivity index (χ1n) is 8.60. The molecule has 0 radical (unpaired) electrons. The summed E-state index contributed by atoms with van der Waals surface area (Å²) in [6.45, 7) is 1.80. The predicted octanol–water partition coefficient (Wildman–Crippen LogP) is 0.971. The molecule has 2 heterocycles. The smallest absolute Gasteiger partial charge is 0.288 e. The molecule has 0 aliphatic rings. The van der Waals surface area contributed by atoms with Crippen molar-refractivity contribution in [3.8, 4) is 5.69 Å². The zero-order valence-electron chi connectivity index (χ0n) is 15.2. The Kier molecular flexibility index (Phi) is 5.59. The third-order valence-corrected chi connectivity index (χ3v) is 4.19. The van der Waals surface area contributed by atoms with Gasteiger partial charge in [0.25, 0.3) is 11.8 Å². The number of amides is 2. The summed E-state index contributed by atoms with van der Waals surface area (Å²) in [5.74, 6) is -2.48. The summed E-state index contributed by atoms with van der Waals surface area (Å²) in [6.07, 6.45) is 4.91. The molecule has 0 aliphatic heterocycles. The summed E-state index contributed by atoms with van der Waals surface area (Å²) in [6, 6.07) is 11.5. The SMILES string of the molecule is Cc1cnc(C(=O)NC(Cc2ccccc2)C(=O)C(N)=O)n1-c1cccnc1. The maximum absolute atomic E-state index is 12.9. The van der Waals surface area contributed by atoms with Crippen molar-refractivity contribution >= 4 is 17.6 Å². The monoisotopic (exact) mass is 377 g/mol. The topological polar surface area (TPSA) is 120 Å². The Morgan fingerprint density at radius 1 is 1.11 bits per heavy atom. The van der Waals surface area contributed by atoms with E-state index in [1.165, 1.54) is 0 Å². The van der Waals surface area contributed by atoms with Crippen molar-refractivity contribution in [1.29, 1.82) is 0 Å². The Morgan fingerprint density at radius 3 is 2.50 bits per heavy atom. The van der Waals surface area contributed by atoms with Crippen LogP contribution in [0.2, 0.25) is 0 Å². The molecule has 1 atom stereocenters. The van der Waals surface area contributed by atoms with E-state index in [-0.39, 0.29) is 12.2 Å². The van der Waals surface area contributed by atoms with Gasteiger partial charge >= 0.3 is 0 Å². The Hall–Kier alpha value is -3.81. The standard InChI is InChI=1S/C20H19N5O3/c1-13-11-23-19(25(13)15-8-5-9-22-12-15)20(28)24-16(17(26)18(21)27)10-14-6-3-2-4-7-14/h2-9,11-12,16H,10H2,1H3,(H2,21,27)(H,24,28). The van der Waals surface area contributed by atoms with Crippen LogP contribution in [-0.2, 0) is 16.0 Å². The van der Waals surface area contributed by atoms with E-state index in [2.05, 4.69) is 15.3 Å². The van der Waals surface area contributed by atoms with Crippen LogP contribution in [0.1, 0.15) is 21.9 Å². The zero-order chi connectivity index (χ0) is 20.1. The molecular formula is C20H19N5O3. The van der Waals surface area contributed by atoms with E-state index < -0.39 is 23.6 Å². The number of nitrogens with two attached hydrogens (primary N) is 1. The third kappa shape index (κ3) is 4.12. The van der Waals surface area contributed by atoms with E-state index in [9.17, 15) is 14.4 Å². The summed E-state index contributed by atoms with van der Waals surface area (Å²) in [7, 11) is 0. The van der Waals surface area contributed by atoms with Crippen molar-refractivity contribution in [2.75, 3.05) is 0 Å². The van der Waals surface area contributed by atoms with Gasteiger partial charge in [-0.25, -0.2) is 4.98 Å². The average molecular weight is 377 g/mol. The number of nitrogens with one attached hydrogen (secondary N) is 1. The Labute approximate surface area is 161 Å². The number of aryl methyl sites for hydroxylation is 1. The predicted molar refractivity (Wildman–Crippen MR) is 102 cm³/mol. The summed E-state index contributed by atoms with van der Waals surface area (Å²) >= 11 is 0. The number of aromatic nitrogens is 3. The van der Waals surface area contributed by atoms with Crippen LogP contribution >= 0.6 is 0 Å². The lowest BCUT2D eigenvalue weighted by Crippen LogP contribution is -2.47. The van der Waals surface area contributed by atoms with E-state index in [4.69, 9.17) is 5.73 Å². The lowest BCUT2D eigenvalue weighted by atomic mass is 10.0. The van der Waals surface area contributed by atoms with Crippen molar-refractivity contribution in [2.24, 2.45) is 5.73 Å². The molecular weight excluding hydrogens is 358 g/mol. The number of pyridine rings is 1. The molecule has 8 nitrogen and oxygen atoms in total. The molecule has 0 saturated heterocycles. The number of nitrogens with zero attached hydrogens (tertiary/aromatic N) is 3. The van der Waals surface area contributed by atoms with Gasteiger partial charge in [0.1, 0.15) is 6.04 Å². The summed E-state index contributed by atoms with van der Waals surface area (Å²) in [4.78, 5) is 44.7. The van der Waals surface area contributed by atoms with Gasteiger partial charge in [-0.1, -0.05) is 30.3 Å². The summed E-state index contributed by atoms with van der Waals surface area (Å²) < 4.78 is 1.62. The van der Waals surface area contributed by atoms with Crippen LogP contribution in [-0.4, -0.2) is 38.2 Å². The molecule has 0 fully saturated rings. The van der Waals surface area contributed by atoms with E-state index in [0.29, 0.717) is 5.69 Å². The van der Waals surface area contributed by atoms with Crippen LogP contribution in [0.5, 0.6) is 0 Å². The molecule has 1 aromatic carbocycles. The molecule has 28 heavy (non-hydrogen) atoms. The fourth-order valence-corrected chi connectivity index (χ4v) is 2.86. The molecule has 3 rings (SSSR count). The molecule has 2 amide bonds. The average Bonchev–Trinajstić information content (AvgIpc) is 3.09. The van der Waals surface area contributed by atoms with Crippen LogP contribution in [0.25, 0.3) is 5.69 Å². The molecule has 3 aromatic rings. The van der Waals surface area contributed by atoms with Crippen LogP contribution < -0.4 is 11.1 Å². The maximum atomic E-state index is 12.9. The first-order valence-corrected chi connectivity index (χ1v) is 8.60. The number of imidazole rings is 1. The van der Waals surface area contributed by atoms with Gasteiger partial charge in [-0.15, -0.1) is 0 Å². The number of hydrogen-bond donors (Lipinski definition) is 2. The Bertz CT molecular complexity index is 999. The molecule has 142 valence electrons. The summed E-state index contributed by atoms with van der Waals surface area (Å²) in [5.41, 5.74) is 7.32. The number of primary amides is 1. The van der Waals surface area contributed by atoms with Crippen molar-refractivity contribution in [3.63, 3.8) is 0 Å². The van der Waals surface area contributed by atoms with Crippen molar-refractivity contribution in [2.45, 2.75) is 19.4 Å². The quantitative estimate of drug-likeness (QED) is 0.595. The number of ketones is 1. The maximum Gasteiger partial charge on any atom is 0.288 e. The number of hydrogen-bond acceptors (Lipinski definition) is 5. The number of carbonyl (C=O) groups excluding carboxylic acids is 3. The van der Waals surface area contributed by atoms with Crippen LogP contribution in [0.3, 0.4) is 0 Å². The Morgan fingerprint density at radius 2 is 1.86 bits per heavy atom. The lowest BCUT2D eigenvalue weighted by Gasteiger charge is -2.17. The minimum atomic E-state index is -1.10. The van der Waals surface area contributed by atoms with Gasteiger partial charge in [-0.3, -0.25) is 23.9 Å². The largest absolute Gasteiger partial charge is 0.363 e. The molecule has 0 aliphatic carbocycles. The Balaban J connectivity index is 1.89. The highest BCUT2D eigenvalue weighted by Crippen LogP contribution is 2.14. The van der Waals surface area contributed by atoms with E-state index in [1.807, 2.05) is 6.07 Å². The van der Waals surface area contributed by atoms with Crippen molar-refractivity contribution in [3.05, 3.63) is 78.1 Å². The fourth-order valence-electron chi connectivity index (χ4n) is 2.86. The minimum absolute atomic E-state index is 0.0841. The second-order valence-electron chi connectivity index (χ2n) is 6.21. The molecule has 0 bridgehead atoms. The molecule has 1 unspecified atom stereocenters. The van der Waals surface area contributed by atoms with E-state index >= 15 is 0 Å². The molecule has 0 saturated carbocycles. The van der Waals surface area contributed by atoms with Gasteiger partial charge in [0.15, 0.2) is 0 Å². The number of carbonyl (C=O) groups is 3. The van der Waals surface area contributed by atoms with Gasteiger partial charge in [0.05, 0.1) is 11.9 Å². The fraction of sp³-hybridized carbons (Fsp3) is 0.150. The van der Waals surface area contributed by atoms with Crippen molar-refractivity contribution in [1.82, 2.24) is 19.9 Å². The first kappa shape index (κ1) is 19.0. The highest BCUT2D eigenvalue weighted by molar-refractivity contribution is 6.38. The number of benzene rings is 1. The normalized spacial score (nSPS) is 11.6. The van der Waals surface area contributed by atoms with Crippen LogP contribution in [0, 0.1) is 6.92 Å². The van der Waals surface area contributed by atoms with Gasteiger partial charge < -0.3 is 11.1 Å². The van der Waals surface area contributed by atoms with E-state index in [0.717, 1.165) is 11.3 Å². The molecule has 8 heteroatoms. The number of rotatable bonds is 7. The second-order valence-corrected chi connectivity index (χ2v) is 6.21. The molecule has 2 aromatic heterocycles. The second kappa shape index (κ2) is 8.26. The first-order chi connectivity index (χ1) is 13.5. The van der Waals surface area contributed by atoms with Crippen LogP contribution in [0.15, 0.2) is 61.1 Å². The van der Waals surface area contributed by atoms with Gasteiger partial charge in [-0.2, -0.15) is 0 Å². The van der Waals surface area contributed by atoms with E-state index in [1.54, 1.807) is 66.5 Å². The number of Topliss-reactive ketones (excluding diaryl/α,β-unsaturated/α-hetero) is 1.